The van der Waals surface area contributed by atoms with Gasteiger partial charge in [-0.25, -0.2) is 9.37 Å². The molecule has 0 saturated carbocycles. The molecule has 1 unspecified atom stereocenters. The van der Waals surface area contributed by atoms with Crippen molar-refractivity contribution in [1.29, 1.82) is 0 Å². The summed E-state index contributed by atoms with van der Waals surface area (Å²) in [6.07, 6.45) is 2.03. The van der Waals surface area contributed by atoms with Crippen molar-refractivity contribution in [3.8, 4) is 5.75 Å². The Balaban J connectivity index is 1.47. The zero-order valence-corrected chi connectivity index (χ0v) is 14.3. The number of hydrogen-bond donors (Lipinski definition) is 2. The molecular weight excluding hydrogens is 333 g/mol. The number of phenolic OH excluding ortho intramolecular Hbond substituents is 1. The van der Waals surface area contributed by atoms with E-state index in [2.05, 4.69) is 9.97 Å². The molecule has 1 saturated heterocycles. The number of piperidine rings is 1. The number of carbonyl (C=O) groups excluding carboxylic acids is 1. The van der Waals surface area contributed by atoms with Crippen molar-refractivity contribution in [1.82, 2.24) is 14.9 Å². The smallest absolute Gasteiger partial charge is 0.227 e. The molecule has 1 aliphatic heterocycles. The van der Waals surface area contributed by atoms with E-state index in [-0.39, 0.29) is 18.2 Å². The summed E-state index contributed by atoms with van der Waals surface area (Å²) in [7, 11) is 0. The number of likely N-dealkylation sites (tertiary alicyclic amines) is 1. The number of rotatable bonds is 3. The summed E-state index contributed by atoms with van der Waals surface area (Å²) in [5.41, 5.74) is 2.51. The van der Waals surface area contributed by atoms with Gasteiger partial charge in [-0.15, -0.1) is 0 Å². The van der Waals surface area contributed by atoms with E-state index in [1.165, 1.54) is 12.1 Å². The fraction of sp³-hybridized carbons (Fsp3) is 0.300. The van der Waals surface area contributed by atoms with E-state index in [9.17, 15) is 14.3 Å². The third kappa shape index (κ3) is 3.27. The van der Waals surface area contributed by atoms with E-state index in [0.29, 0.717) is 18.7 Å². The number of nitrogens with zero attached hydrogens (tertiary/aromatic N) is 2. The van der Waals surface area contributed by atoms with Crippen LogP contribution in [-0.4, -0.2) is 39.0 Å². The van der Waals surface area contributed by atoms with Crippen LogP contribution in [0.4, 0.5) is 4.39 Å². The zero-order chi connectivity index (χ0) is 18.1. The second-order valence-electron chi connectivity index (χ2n) is 6.78. The maximum atomic E-state index is 13.5. The monoisotopic (exact) mass is 353 g/mol. The highest BCUT2D eigenvalue weighted by molar-refractivity contribution is 5.79. The Kier molecular flexibility index (Phi) is 4.32. The first-order valence-electron chi connectivity index (χ1n) is 8.80. The summed E-state index contributed by atoms with van der Waals surface area (Å²) < 4.78 is 13.5. The lowest BCUT2D eigenvalue weighted by molar-refractivity contribution is -0.131. The Morgan fingerprint density at radius 1 is 1.31 bits per heavy atom. The van der Waals surface area contributed by atoms with E-state index in [0.717, 1.165) is 29.7 Å². The minimum atomic E-state index is -0.700. The number of benzene rings is 2. The minimum absolute atomic E-state index is 0.0316. The SMILES string of the molecule is O=C(Cc1ccc(O)c(F)c1)N1CCCC(c2nc3ccccc3[nH]2)C1. The van der Waals surface area contributed by atoms with E-state index < -0.39 is 11.6 Å². The van der Waals surface area contributed by atoms with Crippen LogP contribution >= 0.6 is 0 Å². The molecule has 134 valence electrons. The standard InChI is InChI=1S/C20H20FN3O2/c21-15-10-13(7-8-18(15)25)11-19(26)24-9-3-4-14(12-24)20-22-16-5-1-2-6-17(16)23-20/h1-2,5-8,10,14,25H,3-4,9,11-12H2,(H,22,23). The number of aromatic nitrogens is 2. The molecular formula is C20H20FN3O2. The molecule has 5 nitrogen and oxygen atoms in total. The fourth-order valence-electron chi connectivity index (χ4n) is 3.54. The van der Waals surface area contributed by atoms with Crippen molar-refractivity contribution in [2.45, 2.75) is 25.2 Å². The maximum Gasteiger partial charge on any atom is 0.227 e. The van der Waals surface area contributed by atoms with Crippen LogP contribution in [0.5, 0.6) is 5.75 Å². The number of aromatic hydroxyl groups is 1. The molecule has 4 rings (SSSR count). The van der Waals surface area contributed by atoms with Crippen LogP contribution in [0.2, 0.25) is 0 Å². The number of nitrogens with one attached hydrogen (secondary N) is 1. The van der Waals surface area contributed by atoms with Gasteiger partial charge in [0, 0.05) is 19.0 Å². The van der Waals surface area contributed by atoms with Crippen LogP contribution in [0.15, 0.2) is 42.5 Å². The molecule has 3 aromatic rings. The van der Waals surface area contributed by atoms with Gasteiger partial charge in [0.15, 0.2) is 11.6 Å². The number of fused-ring (bicyclic) bond motifs is 1. The number of aromatic amines is 1. The first-order valence-corrected chi connectivity index (χ1v) is 8.80. The normalized spacial score (nSPS) is 17.6. The number of H-pyrrole nitrogens is 1. The van der Waals surface area contributed by atoms with Gasteiger partial charge in [0.2, 0.25) is 5.91 Å². The molecule has 6 heteroatoms. The molecule has 1 aliphatic rings. The quantitative estimate of drug-likeness (QED) is 0.759. The van der Waals surface area contributed by atoms with Gasteiger partial charge in [0.25, 0.3) is 0 Å². The Morgan fingerprint density at radius 2 is 2.15 bits per heavy atom. The van der Waals surface area contributed by atoms with Gasteiger partial charge in [-0.1, -0.05) is 18.2 Å². The van der Waals surface area contributed by atoms with Gasteiger partial charge in [-0.05, 0) is 42.7 Å². The van der Waals surface area contributed by atoms with Gasteiger partial charge < -0.3 is 15.0 Å². The van der Waals surface area contributed by atoms with Crippen molar-refractivity contribution in [3.05, 3.63) is 59.7 Å². The van der Waals surface area contributed by atoms with Crippen LogP contribution in [0.3, 0.4) is 0 Å². The molecule has 1 fully saturated rings. The summed E-state index contributed by atoms with van der Waals surface area (Å²) in [5.74, 6) is -0.0369. The number of para-hydroxylation sites is 2. The highest BCUT2D eigenvalue weighted by Crippen LogP contribution is 2.27. The van der Waals surface area contributed by atoms with Crippen LogP contribution in [0.1, 0.15) is 30.1 Å². The molecule has 2 heterocycles. The van der Waals surface area contributed by atoms with Crippen molar-refractivity contribution < 1.29 is 14.3 Å². The fourth-order valence-corrected chi connectivity index (χ4v) is 3.54. The highest BCUT2D eigenvalue weighted by atomic mass is 19.1. The summed E-state index contributed by atoms with van der Waals surface area (Å²) in [5, 5.41) is 9.27. The Morgan fingerprint density at radius 3 is 2.96 bits per heavy atom. The van der Waals surface area contributed by atoms with Gasteiger partial charge in [0.1, 0.15) is 5.82 Å². The van der Waals surface area contributed by atoms with E-state index in [1.54, 1.807) is 6.07 Å². The van der Waals surface area contributed by atoms with Crippen LogP contribution in [0, 0.1) is 5.82 Å². The van der Waals surface area contributed by atoms with Crippen LogP contribution in [0.25, 0.3) is 11.0 Å². The topological polar surface area (TPSA) is 69.2 Å². The molecule has 2 aromatic carbocycles. The van der Waals surface area contributed by atoms with E-state index in [4.69, 9.17) is 0 Å². The highest BCUT2D eigenvalue weighted by Gasteiger charge is 2.26. The predicted molar refractivity (Wildman–Crippen MR) is 96.4 cm³/mol. The van der Waals surface area contributed by atoms with Crippen LogP contribution in [-0.2, 0) is 11.2 Å². The number of hydrogen-bond acceptors (Lipinski definition) is 3. The molecule has 2 N–H and O–H groups in total. The lowest BCUT2D eigenvalue weighted by Gasteiger charge is -2.32. The molecule has 1 aromatic heterocycles. The summed E-state index contributed by atoms with van der Waals surface area (Å²) >= 11 is 0. The average molecular weight is 353 g/mol. The van der Waals surface area contributed by atoms with Crippen molar-refractivity contribution in [3.63, 3.8) is 0 Å². The van der Waals surface area contributed by atoms with Gasteiger partial charge in [0.05, 0.1) is 17.5 Å². The molecule has 0 bridgehead atoms. The number of phenols is 1. The molecule has 0 aliphatic carbocycles. The number of imidazole rings is 1. The first kappa shape index (κ1) is 16.6. The Bertz CT molecular complexity index is 920. The second kappa shape index (κ2) is 6.78. The van der Waals surface area contributed by atoms with Crippen molar-refractivity contribution >= 4 is 16.9 Å². The van der Waals surface area contributed by atoms with Crippen LogP contribution < -0.4 is 0 Å². The van der Waals surface area contributed by atoms with E-state index in [1.807, 2.05) is 29.2 Å². The van der Waals surface area contributed by atoms with Gasteiger partial charge >= 0.3 is 0 Å². The van der Waals surface area contributed by atoms with Crippen molar-refractivity contribution in [2.75, 3.05) is 13.1 Å². The summed E-state index contributed by atoms with van der Waals surface area (Å²) in [6.45, 7) is 1.31. The Hall–Kier alpha value is -2.89. The number of carbonyl (C=O) groups is 1. The lowest BCUT2D eigenvalue weighted by atomic mass is 9.96. The third-order valence-electron chi connectivity index (χ3n) is 4.94. The average Bonchev–Trinajstić information content (AvgIpc) is 3.09. The molecule has 0 spiro atoms. The molecule has 0 radical (unpaired) electrons. The first-order chi connectivity index (χ1) is 12.6. The van der Waals surface area contributed by atoms with E-state index >= 15 is 0 Å². The maximum absolute atomic E-state index is 13.5. The summed E-state index contributed by atoms with van der Waals surface area (Å²) in [4.78, 5) is 22.5. The lowest BCUT2D eigenvalue weighted by Crippen LogP contribution is -2.40. The number of halogens is 1. The number of amides is 1. The molecule has 1 atom stereocenters. The molecule has 26 heavy (non-hydrogen) atoms. The largest absolute Gasteiger partial charge is 0.505 e. The van der Waals surface area contributed by atoms with Gasteiger partial charge in [-0.2, -0.15) is 0 Å². The zero-order valence-electron chi connectivity index (χ0n) is 14.3. The van der Waals surface area contributed by atoms with Gasteiger partial charge in [-0.3, -0.25) is 4.79 Å². The Labute approximate surface area is 150 Å². The summed E-state index contributed by atoms with van der Waals surface area (Å²) in [6, 6.07) is 12.0. The third-order valence-corrected chi connectivity index (χ3v) is 4.94. The minimum Gasteiger partial charge on any atom is -0.505 e. The molecule has 1 amide bonds. The predicted octanol–water partition coefficient (Wildman–Crippen LogP) is 3.36. The second-order valence-corrected chi connectivity index (χ2v) is 6.78. The van der Waals surface area contributed by atoms with Crippen molar-refractivity contribution in [2.24, 2.45) is 0 Å².